The molecule has 0 aliphatic heterocycles. The van der Waals surface area contributed by atoms with E-state index in [1.807, 2.05) is 5.32 Å². The lowest BCUT2D eigenvalue weighted by Crippen LogP contribution is -2.42. The Balaban J connectivity index is 2.77. The van der Waals surface area contributed by atoms with E-state index in [1.165, 1.54) is 0 Å². The zero-order valence-electron chi connectivity index (χ0n) is 9.84. The SMILES string of the molecule is CC[C@H](NC(=O)Nc1cc(F)c(Br)cc1F)C(=O)O. The Bertz CT molecular complexity index is 511. The van der Waals surface area contributed by atoms with Gasteiger partial charge in [0.1, 0.15) is 17.7 Å². The molecule has 0 aromatic heterocycles. The molecule has 1 aromatic carbocycles. The third-order valence-corrected chi connectivity index (χ3v) is 2.88. The van der Waals surface area contributed by atoms with Gasteiger partial charge in [-0.3, -0.25) is 0 Å². The first-order valence-corrected chi connectivity index (χ1v) is 6.09. The topological polar surface area (TPSA) is 78.4 Å². The Hall–Kier alpha value is -1.70. The van der Waals surface area contributed by atoms with Crippen molar-refractivity contribution < 1.29 is 23.5 Å². The standard InChI is InChI=1S/C11H11BrF2N2O3/c1-2-8(10(17)18)15-11(19)16-9-4-6(13)5(12)3-7(9)14/h3-4,8H,2H2,1H3,(H,17,18)(H2,15,16,19)/t8-/m0/s1. The van der Waals surface area contributed by atoms with Crippen LogP contribution in [-0.4, -0.2) is 23.1 Å². The molecule has 0 saturated carbocycles. The van der Waals surface area contributed by atoms with Crippen LogP contribution in [0.4, 0.5) is 19.3 Å². The summed E-state index contributed by atoms with van der Waals surface area (Å²) in [5.41, 5.74) is -0.376. The first-order valence-electron chi connectivity index (χ1n) is 5.30. The molecule has 0 fully saturated rings. The number of carboxylic acids is 1. The number of anilines is 1. The van der Waals surface area contributed by atoms with Gasteiger partial charge in [-0.2, -0.15) is 0 Å². The second-order valence-corrected chi connectivity index (χ2v) is 4.50. The number of hydrogen-bond donors (Lipinski definition) is 3. The Kier molecular flexibility index (Phi) is 5.22. The van der Waals surface area contributed by atoms with Crippen LogP contribution in [0.3, 0.4) is 0 Å². The zero-order valence-corrected chi connectivity index (χ0v) is 11.4. The van der Waals surface area contributed by atoms with Crippen molar-refractivity contribution in [2.45, 2.75) is 19.4 Å². The summed E-state index contributed by atoms with van der Waals surface area (Å²) in [5.74, 6) is -2.80. The molecule has 3 N–H and O–H groups in total. The first kappa shape index (κ1) is 15.4. The molecular formula is C11H11BrF2N2O3. The molecule has 5 nitrogen and oxygen atoms in total. The van der Waals surface area contributed by atoms with Gasteiger partial charge in [0.25, 0.3) is 0 Å². The second-order valence-electron chi connectivity index (χ2n) is 3.64. The molecule has 1 rings (SSSR count). The van der Waals surface area contributed by atoms with E-state index in [0.29, 0.717) is 0 Å². The minimum atomic E-state index is -1.21. The summed E-state index contributed by atoms with van der Waals surface area (Å²) >= 11 is 2.80. The summed E-state index contributed by atoms with van der Waals surface area (Å²) < 4.78 is 26.5. The van der Waals surface area contributed by atoms with E-state index in [-0.39, 0.29) is 16.6 Å². The van der Waals surface area contributed by atoms with Crippen molar-refractivity contribution in [2.24, 2.45) is 0 Å². The van der Waals surface area contributed by atoms with Gasteiger partial charge in [0, 0.05) is 6.07 Å². The second kappa shape index (κ2) is 6.46. The number of benzene rings is 1. The number of halogens is 3. The van der Waals surface area contributed by atoms with Crippen LogP contribution in [0.2, 0.25) is 0 Å². The maximum Gasteiger partial charge on any atom is 0.326 e. The van der Waals surface area contributed by atoms with Crippen LogP contribution < -0.4 is 10.6 Å². The molecule has 19 heavy (non-hydrogen) atoms. The van der Waals surface area contributed by atoms with Gasteiger partial charge in [-0.25, -0.2) is 18.4 Å². The zero-order chi connectivity index (χ0) is 14.6. The molecule has 0 radical (unpaired) electrons. The van der Waals surface area contributed by atoms with E-state index in [0.717, 1.165) is 12.1 Å². The number of nitrogens with one attached hydrogen (secondary N) is 2. The lowest BCUT2D eigenvalue weighted by Gasteiger charge is -2.13. The Morgan fingerprint density at radius 2 is 2.00 bits per heavy atom. The molecule has 0 aliphatic carbocycles. The predicted octanol–water partition coefficient (Wildman–Crippen LogP) is 2.71. The summed E-state index contributed by atoms with van der Waals surface area (Å²) in [7, 11) is 0. The van der Waals surface area contributed by atoms with E-state index in [1.54, 1.807) is 6.92 Å². The third-order valence-electron chi connectivity index (χ3n) is 2.27. The number of urea groups is 1. The normalized spacial score (nSPS) is 11.8. The maximum absolute atomic E-state index is 13.4. The lowest BCUT2D eigenvalue weighted by atomic mass is 10.2. The van der Waals surface area contributed by atoms with Crippen molar-refractivity contribution in [1.29, 1.82) is 0 Å². The quantitative estimate of drug-likeness (QED) is 0.739. The van der Waals surface area contributed by atoms with Crippen molar-refractivity contribution in [1.82, 2.24) is 5.32 Å². The van der Waals surface area contributed by atoms with E-state index < -0.39 is 29.7 Å². The molecule has 104 valence electrons. The molecule has 2 amide bonds. The maximum atomic E-state index is 13.4. The highest BCUT2D eigenvalue weighted by molar-refractivity contribution is 9.10. The number of carbonyl (C=O) groups excluding carboxylic acids is 1. The molecule has 0 heterocycles. The first-order chi connectivity index (χ1) is 8.85. The largest absolute Gasteiger partial charge is 0.480 e. The molecule has 0 bridgehead atoms. The Labute approximate surface area is 116 Å². The monoisotopic (exact) mass is 336 g/mol. The summed E-state index contributed by atoms with van der Waals surface area (Å²) in [5, 5.41) is 12.9. The number of carboxylic acid groups (broad SMARTS) is 1. The molecule has 1 aromatic rings. The summed E-state index contributed by atoms with van der Waals surface area (Å²) in [6.45, 7) is 1.57. The van der Waals surface area contributed by atoms with Crippen LogP contribution in [-0.2, 0) is 4.79 Å². The fourth-order valence-electron chi connectivity index (χ4n) is 1.27. The van der Waals surface area contributed by atoms with Crippen LogP contribution >= 0.6 is 15.9 Å². The highest BCUT2D eigenvalue weighted by atomic mass is 79.9. The van der Waals surface area contributed by atoms with Gasteiger partial charge < -0.3 is 15.7 Å². The van der Waals surface area contributed by atoms with Gasteiger partial charge in [0.15, 0.2) is 0 Å². The summed E-state index contributed by atoms with van der Waals surface area (Å²) in [6.07, 6.45) is 0.167. The van der Waals surface area contributed by atoms with E-state index in [4.69, 9.17) is 5.11 Å². The average Bonchev–Trinajstić information content (AvgIpc) is 2.32. The number of hydrogen-bond acceptors (Lipinski definition) is 2. The smallest absolute Gasteiger partial charge is 0.326 e. The van der Waals surface area contributed by atoms with E-state index in [9.17, 15) is 18.4 Å². The van der Waals surface area contributed by atoms with Crippen molar-refractivity contribution in [3.63, 3.8) is 0 Å². The van der Waals surface area contributed by atoms with Crippen LogP contribution in [0, 0.1) is 11.6 Å². The molecule has 0 saturated heterocycles. The Morgan fingerprint density at radius 3 is 2.53 bits per heavy atom. The fourth-order valence-corrected chi connectivity index (χ4v) is 1.59. The van der Waals surface area contributed by atoms with Crippen molar-refractivity contribution >= 4 is 33.6 Å². The molecule has 0 spiro atoms. The lowest BCUT2D eigenvalue weighted by molar-refractivity contribution is -0.139. The molecule has 1 atom stereocenters. The van der Waals surface area contributed by atoms with Crippen molar-refractivity contribution in [3.8, 4) is 0 Å². The fraction of sp³-hybridized carbons (Fsp3) is 0.273. The van der Waals surface area contributed by atoms with Gasteiger partial charge >= 0.3 is 12.0 Å². The predicted molar refractivity (Wildman–Crippen MR) is 67.9 cm³/mol. The van der Waals surface area contributed by atoms with Gasteiger partial charge in [-0.05, 0) is 28.4 Å². The van der Waals surface area contributed by atoms with Crippen molar-refractivity contribution in [3.05, 3.63) is 28.2 Å². The van der Waals surface area contributed by atoms with Crippen LogP contribution in [0.15, 0.2) is 16.6 Å². The molecule has 0 unspecified atom stereocenters. The van der Waals surface area contributed by atoms with Gasteiger partial charge in [-0.1, -0.05) is 6.92 Å². The summed E-state index contributed by atoms with van der Waals surface area (Å²) in [6, 6.07) is -0.363. The van der Waals surface area contributed by atoms with Gasteiger partial charge in [0.05, 0.1) is 10.2 Å². The molecule has 0 aliphatic rings. The summed E-state index contributed by atoms with van der Waals surface area (Å²) in [4.78, 5) is 22.1. The third kappa shape index (κ3) is 4.16. The van der Waals surface area contributed by atoms with Crippen molar-refractivity contribution in [2.75, 3.05) is 5.32 Å². The molecule has 8 heteroatoms. The van der Waals surface area contributed by atoms with Gasteiger partial charge in [0.2, 0.25) is 0 Å². The molecular weight excluding hydrogens is 326 g/mol. The van der Waals surface area contributed by atoms with Gasteiger partial charge in [-0.15, -0.1) is 0 Å². The minimum absolute atomic E-state index is 0.0760. The number of amides is 2. The van der Waals surface area contributed by atoms with Crippen LogP contribution in [0.5, 0.6) is 0 Å². The average molecular weight is 337 g/mol. The number of aliphatic carboxylic acids is 1. The van der Waals surface area contributed by atoms with E-state index >= 15 is 0 Å². The van der Waals surface area contributed by atoms with Crippen LogP contribution in [0.1, 0.15) is 13.3 Å². The number of carbonyl (C=O) groups is 2. The number of rotatable bonds is 4. The Morgan fingerprint density at radius 1 is 1.37 bits per heavy atom. The minimum Gasteiger partial charge on any atom is -0.480 e. The van der Waals surface area contributed by atoms with E-state index in [2.05, 4.69) is 21.2 Å². The highest BCUT2D eigenvalue weighted by Crippen LogP contribution is 2.23. The van der Waals surface area contributed by atoms with Crippen LogP contribution in [0.25, 0.3) is 0 Å². The highest BCUT2D eigenvalue weighted by Gasteiger charge is 2.18.